The van der Waals surface area contributed by atoms with Crippen LogP contribution in [-0.2, 0) is 4.79 Å². The van der Waals surface area contributed by atoms with Crippen molar-refractivity contribution in [2.24, 2.45) is 0 Å². The molecule has 2 N–H and O–H groups in total. The minimum atomic E-state index is 0.0688. The van der Waals surface area contributed by atoms with Crippen molar-refractivity contribution in [3.8, 4) is 0 Å². The number of rotatable bonds is 7. The van der Waals surface area contributed by atoms with Crippen LogP contribution in [0.1, 0.15) is 45.4 Å². The van der Waals surface area contributed by atoms with Crippen LogP contribution in [0.3, 0.4) is 0 Å². The van der Waals surface area contributed by atoms with Gasteiger partial charge in [0.25, 0.3) is 0 Å². The quantitative estimate of drug-likeness (QED) is 0.751. The SMILES string of the molecule is CCCCCCCC(=O)Nc1ccc2n[nH]nc2c1. The Bertz CT molecular complexity index is 535. The highest BCUT2D eigenvalue weighted by Crippen LogP contribution is 2.15. The molecule has 0 aliphatic carbocycles. The lowest BCUT2D eigenvalue weighted by atomic mass is 10.1. The number of unbranched alkanes of at least 4 members (excludes halogenated alkanes) is 4. The maximum absolute atomic E-state index is 11.8. The zero-order valence-corrected chi connectivity index (χ0v) is 11.3. The molecule has 1 aromatic carbocycles. The first-order valence-electron chi connectivity index (χ1n) is 6.90. The monoisotopic (exact) mass is 260 g/mol. The van der Waals surface area contributed by atoms with E-state index in [1.807, 2.05) is 18.2 Å². The molecule has 2 rings (SSSR count). The van der Waals surface area contributed by atoms with Gasteiger partial charge in [-0.15, -0.1) is 0 Å². The van der Waals surface area contributed by atoms with Crippen LogP contribution < -0.4 is 5.32 Å². The summed E-state index contributed by atoms with van der Waals surface area (Å²) in [5.74, 6) is 0.0688. The van der Waals surface area contributed by atoms with E-state index in [9.17, 15) is 4.79 Å². The highest BCUT2D eigenvalue weighted by Gasteiger charge is 2.04. The number of hydrogen-bond acceptors (Lipinski definition) is 3. The van der Waals surface area contributed by atoms with Crippen molar-refractivity contribution in [3.05, 3.63) is 18.2 Å². The molecule has 0 aliphatic rings. The molecule has 1 heterocycles. The van der Waals surface area contributed by atoms with Gasteiger partial charge in [0.1, 0.15) is 11.0 Å². The third kappa shape index (κ3) is 4.05. The Labute approximate surface area is 112 Å². The van der Waals surface area contributed by atoms with Gasteiger partial charge in [-0.1, -0.05) is 32.6 Å². The summed E-state index contributed by atoms with van der Waals surface area (Å²) in [6.07, 6.45) is 6.37. The summed E-state index contributed by atoms with van der Waals surface area (Å²) in [5, 5.41) is 13.4. The van der Waals surface area contributed by atoms with E-state index in [-0.39, 0.29) is 5.91 Å². The van der Waals surface area contributed by atoms with Gasteiger partial charge in [0.05, 0.1) is 0 Å². The molecule has 0 bridgehead atoms. The maximum Gasteiger partial charge on any atom is 0.224 e. The van der Waals surface area contributed by atoms with Crippen molar-refractivity contribution in [1.29, 1.82) is 0 Å². The van der Waals surface area contributed by atoms with Crippen LogP contribution in [0.2, 0.25) is 0 Å². The average Bonchev–Trinajstić information content (AvgIpc) is 2.86. The maximum atomic E-state index is 11.8. The average molecular weight is 260 g/mol. The summed E-state index contributed by atoms with van der Waals surface area (Å²) in [6, 6.07) is 5.52. The van der Waals surface area contributed by atoms with Crippen LogP contribution >= 0.6 is 0 Å². The first-order chi connectivity index (χ1) is 9.29. The molecule has 2 aromatic rings. The van der Waals surface area contributed by atoms with Crippen LogP contribution in [0.5, 0.6) is 0 Å². The van der Waals surface area contributed by atoms with Crippen LogP contribution in [-0.4, -0.2) is 21.3 Å². The molecule has 5 heteroatoms. The molecule has 102 valence electrons. The summed E-state index contributed by atoms with van der Waals surface area (Å²) >= 11 is 0. The van der Waals surface area contributed by atoms with E-state index in [4.69, 9.17) is 0 Å². The van der Waals surface area contributed by atoms with Gasteiger partial charge in [-0.2, -0.15) is 15.4 Å². The van der Waals surface area contributed by atoms with Gasteiger partial charge in [0.15, 0.2) is 0 Å². The Morgan fingerprint density at radius 1 is 1.16 bits per heavy atom. The zero-order chi connectivity index (χ0) is 13.5. The van der Waals surface area contributed by atoms with Crippen LogP contribution in [0.15, 0.2) is 18.2 Å². The Kier molecular flexibility index (Phi) is 4.89. The fourth-order valence-corrected chi connectivity index (χ4v) is 2.03. The lowest BCUT2D eigenvalue weighted by molar-refractivity contribution is -0.116. The zero-order valence-electron chi connectivity index (χ0n) is 11.3. The molecule has 0 atom stereocenters. The van der Waals surface area contributed by atoms with E-state index in [0.29, 0.717) is 6.42 Å². The Hall–Kier alpha value is -1.91. The molecule has 0 saturated heterocycles. The Balaban J connectivity index is 1.78. The molecule has 0 fully saturated rings. The minimum absolute atomic E-state index is 0.0688. The van der Waals surface area contributed by atoms with Gasteiger partial charge in [-0.05, 0) is 24.6 Å². The Morgan fingerprint density at radius 2 is 1.95 bits per heavy atom. The molecular formula is C14H20N4O. The van der Waals surface area contributed by atoms with E-state index in [1.54, 1.807) is 0 Å². The lowest BCUT2D eigenvalue weighted by Crippen LogP contribution is -2.10. The van der Waals surface area contributed by atoms with Crippen LogP contribution in [0, 0.1) is 0 Å². The van der Waals surface area contributed by atoms with Crippen LogP contribution in [0.4, 0.5) is 5.69 Å². The molecular weight excluding hydrogens is 240 g/mol. The number of benzene rings is 1. The van der Waals surface area contributed by atoms with E-state index >= 15 is 0 Å². The van der Waals surface area contributed by atoms with Crippen molar-refractivity contribution in [3.63, 3.8) is 0 Å². The fraction of sp³-hybridized carbons (Fsp3) is 0.500. The number of nitrogens with one attached hydrogen (secondary N) is 2. The van der Waals surface area contributed by atoms with E-state index < -0.39 is 0 Å². The number of nitrogens with zero attached hydrogens (tertiary/aromatic N) is 2. The fourth-order valence-electron chi connectivity index (χ4n) is 2.03. The Morgan fingerprint density at radius 3 is 2.79 bits per heavy atom. The summed E-state index contributed by atoms with van der Waals surface area (Å²) in [7, 11) is 0. The van der Waals surface area contributed by atoms with Crippen molar-refractivity contribution >= 4 is 22.6 Å². The van der Waals surface area contributed by atoms with Crippen molar-refractivity contribution in [2.75, 3.05) is 5.32 Å². The second-order valence-electron chi connectivity index (χ2n) is 4.74. The van der Waals surface area contributed by atoms with E-state index in [1.165, 1.54) is 19.3 Å². The first-order valence-corrected chi connectivity index (χ1v) is 6.90. The van der Waals surface area contributed by atoms with E-state index in [2.05, 4.69) is 27.7 Å². The summed E-state index contributed by atoms with van der Waals surface area (Å²) < 4.78 is 0. The summed E-state index contributed by atoms with van der Waals surface area (Å²) in [4.78, 5) is 11.8. The molecule has 5 nitrogen and oxygen atoms in total. The number of aromatic nitrogens is 3. The van der Waals surface area contributed by atoms with Crippen LogP contribution in [0.25, 0.3) is 11.0 Å². The predicted molar refractivity (Wildman–Crippen MR) is 75.9 cm³/mol. The molecule has 0 radical (unpaired) electrons. The standard InChI is InChI=1S/C14H20N4O/c1-2-3-4-5-6-7-14(19)15-11-8-9-12-13(10-11)17-18-16-12/h8-10H,2-7H2,1H3,(H,15,19)(H,16,17,18). The number of H-pyrrole nitrogens is 1. The minimum Gasteiger partial charge on any atom is -0.326 e. The highest BCUT2D eigenvalue weighted by atomic mass is 16.1. The van der Waals surface area contributed by atoms with Gasteiger partial charge in [-0.25, -0.2) is 0 Å². The number of aromatic amines is 1. The smallest absolute Gasteiger partial charge is 0.224 e. The van der Waals surface area contributed by atoms with E-state index in [0.717, 1.165) is 29.6 Å². The molecule has 1 aromatic heterocycles. The van der Waals surface area contributed by atoms with Gasteiger partial charge in [-0.3, -0.25) is 4.79 Å². The molecule has 0 unspecified atom stereocenters. The normalized spacial score (nSPS) is 10.8. The topological polar surface area (TPSA) is 70.7 Å². The molecule has 19 heavy (non-hydrogen) atoms. The van der Waals surface area contributed by atoms with Gasteiger partial charge >= 0.3 is 0 Å². The second-order valence-corrected chi connectivity index (χ2v) is 4.74. The third-order valence-electron chi connectivity index (χ3n) is 3.11. The number of fused-ring (bicyclic) bond motifs is 1. The summed E-state index contributed by atoms with van der Waals surface area (Å²) in [5.41, 5.74) is 2.35. The third-order valence-corrected chi connectivity index (χ3v) is 3.11. The molecule has 0 spiro atoms. The van der Waals surface area contributed by atoms with Crippen molar-refractivity contribution in [2.45, 2.75) is 45.4 Å². The first kappa shape index (κ1) is 13.5. The number of anilines is 1. The number of amides is 1. The number of hydrogen-bond donors (Lipinski definition) is 2. The second kappa shape index (κ2) is 6.87. The molecule has 1 amide bonds. The largest absolute Gasteiger partial charge is 0.326 e. The van der Waals surface area contributed by atoms with Crippen molar-refractivity contribution < 1.29 is 4.79 Å². The molecule has 0 aliphatic heterocycles. The number of carbonyl (C=O) groups is 1. The predicted octanol–water partition coefficient (Wildman–Crippen LogP) is 3.26. The number of carbonyl (C=O) groups excluding carboxylic acids is 1. The van der Waals surface area contributed by atoms with Gasteiger partial charge in [0, 0.05) is 12.1 Å². The van der Waals surface area contributed by atoms with Gasteiger partial charge < -0.3 is 5.32 Å². The highest BCUT2D eigenvalue weighted by molar-refractivity contribution is 5.92. The summed E-state index contributed by atoms with van der Waals surface area (Å²) in [6.45, 7) is 2.19. The molecule has 0 saturated carbocycles. The van der Waals surface area contributed by atoms with Crippen molar-refractivity contribution in [1.82, 2.24) is 15.4 Å². The lowest BCUT2D eigenvalue weighted by Gasteiger charge is -2.04. The van der Waals surface area contributed by atoms with Gasteiger partial charge in [0.2, 0.25) is 5.91 Å².